The van der Waals surface area contributed by atoms with Gasteiger partial charge < -0.3 is 0 Å². The average molecular weight is 405 g/mol. The Labute approximate surface area is 186 Å². The largest absolute Gasteiger partial charge is 0.0710 e. The van der Waals surface area contributed by atoms with Crippen molar-refractivity contribution in [2.24, 2.45) is 0 Å². The van der Waals surface area contributed by atoms with Crippen LogP contribution in [0, 0.1) is 0 Å². The van der Waals surface area contributed by atoms with Crippen molar-refractivity contribution in [1.82, 2.24) is 0 Å². The maximum atomic E-state index is 1.88. The van der Waals surface area contributed by atoms with Crippen LogP contribution in [0.4, 0.5) is 0 Å². The molecule has 0 aliphatic heterocycles. The third-order valence-electron chi connectivity index (χ3n) is 9.29. The van der Waals surface area contributed by atoms with E-state index >= 15 is 0 Å². The summed E-state index contributed by atoms with van der Waals surface area (Å²) in [4.78, 5) is 0. The number of allylic oxidation sites excluding steroid dienone is 8. The van der Waals surface area contributed by atoms with E-state index in [-0.39, 0.29) is 0 Å². The lowest BCUT2D eigenvalue weighted by atomic mass is 9.76. The van der Waals surface area contributed by atoms with Crippen molar-refractivity contribution in [2.75, 3.05) is 0 Å². The zero-order chi connectivity index (χ0) is 20.2. The smallest absolute Gasteiger partial charge is 0.0280 e. The van der Waals surface area contributed by atoms with E-state index in [0.29, 0.717) is 0 Å². The molecule has 5 fully saturated rings. The van der Waals surface area contributed by atoms with E-state index in [2.05, 4.69) is 0 Å². The van der Waals surface area contributed by atoms with Crippen LogP contribution in [0.15, 0.2) is 44.6 Å². The molecule has 0 radical (unpaired) electrons. The summed E-state index contributed by atoms with van der Waals surface area (Å²) in [7, 11) is 0. The highest BCUT2D eigenvalue weighted by Crippen LogP contribution is 2.43. The maximum absolute atomic E-state index is 1.88. The van der Waals surface area contributed by atoms with Gasteiger partial charge in [-0.05, 0) is 128 Å². The molecule has 5 aliphatic carbocycles. The van der Waals surface area contributed by atoms with E-state index in [1.165, 1.54) is 141 Å². The maximum Gasteiger partial charge on any atom is -0.0280 e. The summed E-state index contributed by atoms with van der Waals surface area (Å²) in [6.45, 7) is 0. The van der Waals surface area contributed by atoms with Gasteiger partial charge in [0.1, 0.15) is 0 Å². The zero-order valence-corrected chi connectivity index (χ0v) is 19.6. The van der Waals surface area contributed by atoms with Crippen LogP contribution in [0.1, 0.15) is 141 Å². The van der Waals surface area contributed by atoms with E-state index in [1.54, 1.807) is 0 Å². The second-order valence-corrected chi connectivity index (χ2v) is 10.9. The molecule has 0 nitrogen and oxygen atoms in total. The first kappa shape index (κ1) is 20.8. The van der Waals surface area contributed by atoms with Crippen LogP contribution in [0.3, 0.4) is 0 Å². The summed E-state index contributed by atoms with van der Waals surface area (Å²) < 4.78 is 0. The third-order valence-corrected chi connectivity index (χ3v) is 9.29. The number of hydrogen-bond donors (Lipinski definition) is 0. The Morgan fingerprint density at radius 1 is 0.167 bits per heavy atom. The van der Waals surface area contributed by atoms with Crippen LogP contribution in [0.25, 0.3) is 0 Å². The monoisotopic (exact) mass is 404 g/mol. The summed E-state index contributed by atoms with van der Waals surface area (Å²) in [6, 6.07) is 0. The second kappa shape index (κ2) is 10.1. The lowest BCUT2D eigenvalue weighted by Crippen LogP contribution is -2.10. The predicted octanol–water partition coefficient (Wildman–Crippen LogP) is 9.82. The Morgan fingerprint density at radius 2 is 0.333 bits per heavy atom. The molecule has 0 aromatic heterocycles. The van der Waals surface area contributed by atoms with Crippen LogP contribution in [0.2, 0.25) is 0 Å². The molecule has 30 heavy (non-hydrogen) atoms. The van der Waals surface area contributed by atoms with Gasteiger partial charge in [-0.2, -0.15) is 0 Å². The minimum atomic E-state index is 1.40. The molecule has 0 heterocycles. The van der Waals surface area contributed by atoms with Gasteiger partial charge in [0.15, 0.2) is 0 Å². The van der Waals surface area contributed by atoms with Gasteiger partial charge in [-0.25, -0.2) is 0 Å². The molecule has 0 spiro atoms. The van der Waals surface area contributed by atoms with Crippen molar-refractivity contribution in [3.05, 3.63) is 44.6 Å². The number of rotatable bonds is 0. The fourth-order valence-corrected chi connectivity index (χ4v) is 7.35. The minimum Gasteiger partial charge on any atom is -0.0710 e. The lowest BCUT2D eigenvalue weighted by molar-refractivity contribution is 0.569. The fraction of sp³-hybridized carbons (Fsp3) is 0.733. The summed E-state index contributed by atoms with van der Waals surface area (Å²) in [6.07, 6.45) is 31.3. The quantitative estimate of drug-likeness (QED) is 0.352. The summed E-state index contributed by atoms with van der Waals surface area (Å²) in [5.74, 6) is 0. The highest BCUT2D eigenvalue weighted by Gasteiger charge is 2.23. The molecule has 164 valence electrons. The van der Waals surface area contributed by atoms with Crippen molar-refractivity contribution in [1.29, 1.82) is 0 Å². The highest BCUT2D eigenvalue weighted by molar-refractivity contribution is 5.31. The van der Waals surface area contributed by atoms with Gasteiger partial charge in [-0.1, -0.05) is 57.4 Å². The lowest BCUT2D eigenvalue weighted by Gasteiger charge is -2.30. The average Bonchev–Trinajstić information content (AvgIpc) is 2.85. The van der Waals surface area contributed by atoms with Gasteiger partial charge in [0, 0.05) is 0 Å². The summed E-state index contributed by atoms with van der Waals surface area (Å²) >= 11 is 0. The van der Waals surface area contributed by atoms with Crippen LogP contribution < -0.4 is 0 Å². The zero-order valence-electron chi connectivity index (χ0n) is 19.6. The minimum absolute atomic E-state index is 1.40. The molecule has 0 aromatic rings. The molecule has 0 atom stereocenters. The van der Waals surface area contributed by atoms with E-state index < -0.39 is 0 Å². The molecular weight excluding hydrogens is 360 g/mol. The second-order valence-electron chi connectivity index (χ2n) is 10.9. The molecule has 0 heteroatoms. The molecule has 5 aliphatic rings. The Hall–Kier alpha value is -1.04. The first-order valence-electron chi connectivity index (χ1n) is 13.7. The SMILES string of the molecule is C1CCC(=C2CCC(=C3CCC(=C4CCC(=C5CCCCC5)CC4)CC3)CC2)CC1. The molecule has 0 amide bonds. The standard InChI is InChI=1S/C30H44/c1-3-7-23(8-4-1)25-11-15-27(16-12-25)29-19-21-30(22-20-29)28-17-13-26(14-18-28)24-9-5-2-6-10-24/h1-22H2. The molecular formula is C30H44. The van der Waals surface area contributed by atoms with Crippen molar-refractivity contribution >= 4 is 0 Å². The van der Waals surface area contributed by atoms with Crippen molar-refractivity contribution in [3.8, 4) is 0 Å². The fourth-order valence-electron chi connectivity index (χ4n) is 7.35. The van der Waals surface area contributed by atoms with Crippen molar-refractivity contribution in [3.63, 3.8) is 0 Å². The van der Waals surface area contributed by atoms with Gasteiger partial charge in [0.05, 0.1) is 0 Å². The molecule has 0 aromatic carbocycles. The first-order chi connectivity index (χ1) is 14.9. The topological polar surface area (TPSA) is 0 Å². The normalized spacial score (nSPS) is 27.2. The van der Waals surface area contributed by atoms with E-state index in [9.17, 15) is 0 Å². The number of hydrogen-bond acceptors (Lipinski definition) is 0. The van der Waals surface area contributed by atoms with Crippen molar-refractivity contribution < 1.29 is 0 Å². The van der Waals surface area contributed by atoms with Gasteiger partial charge in [-0.15, -0.1) is 0 Å². The van der Waals surface area contributed by atoms with E-state index in [0.717, 1.165) is 0 Å². The van der Waals surface area contributed by atoms with Gasteiger partial charge >= 0.3 is 0 Å². The Kier molecular flexibility index (Phi) is 6.98. The van der Waals surface area contributed by atoms with Crippen LogP contribution >= 0.6 is 0 Å². The van der Waals surface area contributed by atoms with Crippen LogP contribution in [-0.2, 0) is 0 Å². The van der Waals surface area contributed by atoms with Crippen LogP contribution in [0.5, 0.6) is 0 Å². The Morgan fingerprint density at radius 3 is 0.533 bits per heavy atom. The Balaban J connectivity index is 1.15. The van der Waals surface area contributed by atoms with Gasteiger partial charge in [0.2, 0.25) is 0 Å². The third kappa shape index (κ3) is 4.89. The molecule has 0 N–H and O–H groups in total. The molecule has 0 saturated heterocycles. The summed E-state index contributed by atoms with van der Waals surface area (Å²) in [5.41, 5.74) is 15.0. The summed E-state index contributed by atoms with van der Waals surface area (Å²) in [5, 5.41) is 0. The first-order valence-corrected chi connectivity index (χ1v) is 13.7. The van der Waals surface area contributed by atoms with Gasteiger partial charge in [-0.3, -0.25) is 0 Å². The van der Waals surface area contributed by atoms with Crippen molar-refractivity contribution in [2.45, 2.75) is 141 Å². The highest BCUT2D eigenvalue weighted by atomic mass is 14.3. The molecule has 0 bridgehead atoms. The van der Waals surface area contributed by atoms with E-state index in [4.69, 9.17) is 0 Å². The van der Waals surface area contributed by atoms with E-state index in [1.807, 2.05) is 44.6 Å². The molecule has 5 saturated carbocycles. The Bertz CT molecular complexity index is 648. The van der Waals surface area contributed by atoms with Gasteiger partial charge in [0.25, 0.3) is 0 Å². The molecule has 5 rings (SSSR count). The van der Waals surface area contributed by atoms with Crippen LogP contribution in [-0.4, -0.2) is 0 Å². The molecule has 0 unspecified atom stereocenters. The predicted molar refractivity (Wildman–Crippen MR) is 130 cm³/mol.